The number of hydrogen-bond donors (Lipinski definition) is 1. The molecule has 0 radical (unpaired) electrons. The lowest BCUT2D eigenvalue weighted by Gasteiger charge is -2.31. The van der Waals surface area contributed by atoms with Gasteiger partial charge in [-0.3, -0.25) is 0 Å². The van der Waals surface area contributed by atoms with E-state index in [0.717, 1.165) is 0 Å². The Bertz CT molecular complexity index is 222. The molecule has 0 rings (SSSR count). The van der Waals surface area contributed by atoms with Crippen molar-refractivity contribution in [2.24, 2.45) is 11.7 Å². The maximum Gasteiger partial charge on any atom is 0.410 e. The van der Waals surface area contributed by atoms with E-state index < -0.39 is 5.60 Å². The minimum Gasteiger partial charge on any atom is -0.444 e. The highest BCUT2D eigenvalue weighted by atomic mass is 16.6. The minimum absolute atomic E-state index is 0.129. The molecule has 4 heteroatoms. The van der Waals surface area contributed by atoms with Crippen LogP contribution >= 0.6 is 0 Å². The van der Waals surface area contributed by atoms with Crippen LogP contribution in [0.25, 0.3) is 0 Å². The normalized spacial score (nSPS) is 13.8. The molecular formula is C12H26N2O2. The molecule has 1 atom stereocenters. The van der Waals surface area contributed by atoms with Crippen LogP contribution < -0.4 is 5.73 Å². The fourth-order valence-electron chi connectivity index (χ4n) is 1.23. The number of hydrogen-bond acceptors (Lipinski definition) is 3. The smallest absolute Gasteiger partial charge is 0.410 e. The summed E-state index contributed by atoms with van der Waals surface area (Å²) >= 11 is 0. The molecule has 0 heterocycles. The van der Waals surface area contributed by atoms with E-state index >= 15 is 0 Å². The number of ether oxygens (including phenoxy) is 1. The molecule has 16 heavy (non-hydrogen) atoms. The van der Waals surface area contributed by atoms with Gasteiger partial charge in [-0.2, -0.15) is 0 Å². The van der Waals surface area contributed by atoms with Crippen molar-refractivity contribution in [3.63, 3.8) is 0 Å². The molecule has 0 aromatic heterocycles. The maximum absolute atomic E-state index is 11.9. The summed E-state index contributed by atoms with van der Waals surface area (Å²) in [6, 6.07) is 0.129. The van der Waals surface area contributed by atoms with Crippen molar-refractivity contribution in [3.05, 3.63) is 0 Å². The van der Waals surface area contributed by atoms with Gasteiger partial charge in [0.05, 0.1) is 0 Å². The van der Waals surface area contributed by atoms with Crippen molar-refractivity contribution in [2.45, 2.75) is 53.2 Å². The first-order chi connectivity index (χ1) is 7.17. The van der Waals surface area contributed by atoms with Gasteiger partial charge in [0.25, 0.3) is 0 Å². The minimum atomic E-state index is -0.448. The summed E-state index contributed by atoms with van der Waals surface area (Å²) in [7, 11) is 0. The van der Waals surface area contributed by atoms with Crippen molar-refractivity contribution >= 4 is 6.09 Å². The van der Waals surface area contributed by atoms with E-state index in [9.17, 15) is 4.79 Å². The molecular weight excluding hydrogens is 204 g/mol. The van der Waals surface area contributed by atoms with Crippen molar-refractivity contribution in [1.29, 1.82) is 0 Å². The van der Waals surface area contributed by atoms with Crippen LogP contribution in [0.5, 0.6) is 0 Å². The van der Waals surface area contributed by atoms with Crippen LogP contribution in [0.3, 0.4) is 0 Å². The van der Waals surface area contributed by atoms with Gasteiger partial charge in [-0.05, 0) is 47.1 Å². The second kappa shape index (κ2) is 6.09. The van der Waals surface area contributed by atoms with E-state index in [1.807, 2.05) is 41.5 Å². The molecule has 2 N–H and O–H groups in total. The van der Waals surface area contributed by atoms with Crippen molar-refractivity contribution < 1.29 is 9.53 Å². The second-order valence-electron chi connectivity index (χ2n) is 5.57. The van der Waals surface area contributed by atoms with Crippen molar-refractivity contribution in [1.82, 2.24) is 4.90 Å². The van der Waals surface area contributed by atoms with Crippen LogP contribution in [-0.4, -0.2) is 35.7 Å². The maximum atomic E-state index is 11.9. The number of carbonyl (C=O) groups excluding carboxylic acids is 1. The molecule has 4 nitrogen and oxygen atoms in total. The fourth-order valence-corrected chi connectivity index (χ4v) is 1.23. The van der Waals surface area contributed by atoms with E-state index in [0.29, 0.717) is 13.1 Å². The van der Waals surface area contributed by atoms with Crippen molar-refractivity contribution in [2.75, 3.05) is 13.1 Å². The van der Waals surface area contributed by atoms with Crippen molar-refractivity contribution in [3.8, 4) is 0 Å². The lowest BCUT2D eigenvalue weighted by atomic mass is 10.1. The van der Waals surface area contributed by atoms with Gasteiger partial charge in [0.2, 0.25) is 0 Å². The summed E-state index contributed by atoms with van der Waals surface area (Å²) in [5, 5.41) is 0. The molecule has 0 aliphatic rings. The third kappa shape index (κ3) is 5.95. The Hall–Kier alpha value is -0.770. The Morgan fingerprint density at radius 2 is 1.81 bits per heavy atom. The quantitative estimate of drug-likeness (QED) is 0.805. The molecule has 0 saturated heterocycles. The molecule has 0 bridgehead atoms. The van der Waals surface area contributed by atoms with E-state index in [1.54, 1.807) is 4.90 Å². The zero-order valence-corrected chi connectivity index (χ0v) is 11.4. The Balaban J connectivity index is 4.48. The lowest BCUT2D eigenvalue weighted by molar-refractivity contribution is 0.0164. The first-order valence-electron chi connectivity index (χ1n) is 5.87. The third-order valence-electron chi connectivity index (χ3n) is 2.16. The first-order valence-corrected chi connectivity index (χ1v) is 5.87. The van der Waals surface area contributed by atoms with E-state index in [4.69, 9.17) is 10.5 Å². The first kappa shape index (κ1) is 15.2. The van der Waals surface area contributed by atoms with Gasteiger partial charge in [-0.1, -0.05) is 6.92 Å². The van der Waals surface area contributed by atoms with Gasteiger partial charge >= 0.3 is 6.09 Å². The Morgan fingerprint density at radius 1 is 1.31 bits per heavy atom. The van der Waals surface area contributed by atoms with Crippen LogP contribution in [0, 0.1) is 5.92 Å². The average molecular weight is 230 g/mol. The Morgan fingerprint density at radius 3 is 2.12 bits per heavy atom. The topological polar surface area (TPSA) is 55.6 Å². The average Bonchev–Trinajstić information content (AvgIpc) is 2.09. The summed E-state index contributed by atoms with van der Waals surface area (Å²) in [5.41, 5.74) is 5.12. The Labute approximate surface area is 99.1 Å². The molecule has 0 fully saturated rings. The molecule has 0 aliphatic carbocycles. The number of nitrogens with two attached hydrogens (primary N) is 1. The van der Waals surface area contributed by atoms with Crippen LogP contribution in [0.1, 0.15) is 41.5 Å². The van der Waals surface area contributed by atoms with E-state index in [1.165, 1.54) is 0 Å². The molecule has 0 saturated carbocycles. The van der Waals surface area contributed by atoms with Crippen LogP contribution in [0.4, 0.5) is 4.79 Å². The number of amides is 1. The molecule has 0 aliphatic heterocycles. The van der Waals surface area contributed by atoms with Crippen LogP contribution in [-0.2, 0) is 4.74 Å². The zero-order valence-electron chi connectivity index (χ0n) is 11.4. The van der Waals surface area contributed by atoms with E-state index in [2.05, 4.69) is 0 Å². The molecule has 96 valence electrons. The summed E-state index contributed by atoms with van der Waals surface area (Å²) in [6.07, 6.45) is -0.261. The molecule has 0 aromatic carbocycles. The predicted molar refractivity (Wildman–Crippen MR) is 66.3 cm³/mol. The standard InChI is InChI=1S/C12H26N2O2/c1-9(2)14(8-10(3)7-13)11(15)16-12(4,5)6/h9-10H,7-8,13H2,1-6H3. The summed E-state index contributed by atoms with van der Waals surface area (Å²) in [5.74, 6) is 0.287. The number of nitrogens with zero attached hydrogens (tertiary/aromatic N) is 1. The Kier molecular flexibility index (Phi) is 5.79. The summed E-state index contributed by atoms with van der Waals surface area (Å²) in [4.78, 5) is 13.6. The monoisotopic (exact) mass is 230 g/mol. The van der Waals surface area contributed by atoms with E-state index in [-0.39, 0.29) is 18.1 Å². The van der Waals surface area contributed by atoms with Gasteiger partial charge < -0.3 is 15.4 Å². The van der Waals surface area contributed by atoms with Crippen LogP contribution in [0.15, 0.2) is 0 Å². The zero-order chi connectivity index (χ0) is 12.9. The fraction of sp³-hybridized carbons (Fsp3) is 0.917. The van der Waals surface area contributed by atoms with Gasteiger partial charge in [0.15, 0.2) is 0 Å². The van der Waals surface area contributed by atoms with Gasteiger partial charge in [0, 0.05) is 12.6 Å². The predicted octanol–water partition coefficient (Wildman–Crippen LogP) is 2.23. The van der Waals surface area contributed by atoms with Gasteiger partial charge in [-0.25, -0.2) is 4.79 Å². The number of carbonyl (C=O) groups is 1. The summed E-state index contributed by atoms with van der Waals surface area (Å²) in [6.45, 7) is 12.8. The SMILES string of the molecule is CC(CN)CN(C(=O)OC(C)(C)C)C(C)C. The second-order valence-corrected chi connectivity index (χ2v) is 5.57. The molecule has 1 unspecified atom stereocenters. The molecule has 1 amide bonds. The highest BCUT2D eigenvalue weighted by Crippen LogP contribution is 2.13. The van der Waals surface area contributed by atoms with Crippen LogP contribution in [0.2, 0.25) is 0 Å². The largest absolute Gasteiger partial charge is 0.444 e. The number of rotatable bonds is 4. The third-order valence-corrected chi connectivity index (χ3v) is 2.16. The molecule has 0 aromatic rings. The van der Waals surface area contributed by atoms with Gasteiger partial charge in [-0.15, -0.1) is 0 Å². The summed E-state index contributed by atoms with van der Waals surface area (Å²) < 4.78 is 5.35. The van der Waals surface area contributed by atoms with Gasteiger partial charge in [0.1, 0.15) is 5.60 Å². The molecule has 0 spiro atoms. The highest BCUT2D eigenvalue weighted by Gasteiger charge is 2.24. The lowest BCUT2D eigenvalue weighted by Crippen LogP contribution is -2.44. The highest BCUT2D eigenvalue weighted by molar-refractivity contribution is 5.68.